The highest BCUT2D eigenvalue weighted by molar-refractivity contribution is 5.83. The van der Waals surface area contributed by atoms with Crippen molar-refractivity contribution in [1.82, 2.24) is 10.6 Å². The molecule has 0 aromatic carbocycles. The first kappa shape index (κ1) is 13.5. The lowest BCUT2D eigenvalue weighted by Gasteiger charge is -2.37. The van der Waals surface area contributed by atoms with Crippen molar-refractivity contribution in [2.24, 2.45) is 5.41 Å². The Labute approximate surface area is 97.8 Å². The fourth-order valence-corrected chi connectivity index (χ4v) is 1.87. The van der Waals surface area contributed by atoms with E-state index < -0.39 is 5.54 Å². The standard InChI is InChI=1S/C12H24N2O2/c1-4-12(3,9-15)14-10(16)11(2)5-7-13-8-6-11/h13,15H,4-9H2,1-3H3,(H,14,16). The molecule has 16 heavy (non-hydrogen) atoms. The molecule has 3 N–H and O–H groups in total. The topological polar surface area (TPSA) is 61.4 Å². The molecule has 1 saturated heterocycles. The highest BCUT2D eigenvalue weighted by Gasteiger charge is 2.37. The van der Waals surface area contributed by atoms with Crippen molar-refractivity contribution in [2.75, 3.05) is 19.7 Å². The van der Waals surface area contributed by atoms with Crippen molar-refractivity contribution in [1.29, 1.82) is 0 Å². The Hall–Kier alpha value is -0.610. The van der Waals surface area contributed by atoms with Crippen LogP contribution in [0.3, 0.4) is 0 Å². The van der Waals surface area contributed by atoms with Gasteiger partial charge in [-0.25, -0.2) is 0 Å². The Morgan fingerprint density at radius 3 is 2.50 bits per heavy atom. The number of aliphatic hydroxyl groups is 1. The molecule has 0 saturated carbocycles. The molecule has 1 fully saturated rings. The van der Waals surface area contributed by atoms with E-state index in [1.807, 2.05) is 20.8 Å². The van der Waals surface area contributed by atoms with Crippen LogP contribution in [0.5, 0.6) is 0 Å². The number of carbonyl (C=O) groups is 1. The molecule has 94 valence electrons. The summed E-state index contributed by atoms with van der Waals surface area (Å²) in [7, 11) is 0. The number of hydrogen-bond donors (Lipinski definition) is 3. The smallest absolute Gasteiger partial charge is 0.226 e. The lowest BCUT2D eigenvalue weighted by Crippen LogP contribution is -2.55. The number of aliphatic hydroxyl groups excluding tert-OH is 1. The number of hydrogen-bond acceptors (Lipinski definition) is 3. The Bertz CT molecular complexity index is 243. The first-order valence-electron chi connectivity index (χ1n) is 6.10. The van der Waals surface area contributed by atoms with Crippen LogP contribution in [-0.2, 0) is 4.79 Å². The molecule has 1 amide bonds. The molecule has 1 unspecified atom stereocenters. The molecule has 1 aliphatic rings. The third kappa shape index (κ3) is 2.95. The minimum atomic E-state index is -0.481. The van der Waals surface area contributed by atoms with E-state index >= 15 is 0 Å². The van der Waals surface area contributed by atoms with E-state index in [2.05, 4.69) is 10.6 Å². The minimum absolute atomic E-state index is 0.0103. The maximum Gasteiger partial charge on any atom is 0.226 e. The zero-order chi connectivity index (χ0) is 12.2. The maximum absolute atomic E-state index is 12.2. The van der Waals surface area contributed by atoms with Gasteiger partial charge in [0, 0.05) is 5.41 Å². The largest absolute Gasteiger partial charge is 0.394 e. The van der Waals surface area contributed by atoms with Crippen LogP contribution in [0.4, 0.5) is 0 Å². The summed E-state index contributed by atoms with van der Waals surface area (Å²) in [6, 6.07) is 0. The Morgan fingerprint density at radius 1 is 1.50 bits per heavy atom. The van der Waals surface area contributed by atoms with Gasteiger partial charge in [-0.05, 0) is 39.3 Å². The molecular formula is C12H24N2O2. The zero-order valence-electron chi connectivity index (χ0n) is 10.6. The van der Waals surface area contributed by atoms with Crippen molar-refractivity contribution in [3.05, 3.63) is 0 Å². The summed E-state index contributed by atoms with van der Waals surface area (Å²) in [5.74, 6) is 0.0763. The lowest BCUT2D eigenvalue weighted by atomic mass is 9.79. The Kier molecular flexibility index (Phi) is 4.33. The van der Waals surface area contributed by atoms with Gasteiger partial charge < -0.3 is 15.7 Å². The number of nitrogens with one attached hydrogen (secondary N) is 2. The van der Waals surface area contributed by atoms with E-state index in [1.165, 1.54) is 0 Å². The summed E-state index contributed by atoms with van der Waals surface area (Å²) < 4.78 is 0. The van der Waals surface area contributed by atoms with Gasteiger partial charge >= 0.3 is 0 Å². The molecule has 0 bridgehead atoms. The predicted molar refractivity (Wildman–Crippen MR) is 64.1 cm³/mol. The monoisotopic (exact) mass is 228 g/mol. The molecule has 1 aliphatic heterocycles. The normalized spacial score (nSPS) is 23.5. The van der Waals surface area contributed by atoms with Crippen molar-refractivity contribution < 1.29 is 9.90 Å². The van der Waals surface area contributed by atoms with Crippen molar-refractivity contribution >= 4 is 5.91 Å². The number of rotatable bonds is 4. The molecule has 1 atom stereocenters. The van der Waals surface area contributed by atoms with E-state index in [-0.39, 0.29) is 17.9 Å². The highest BCUT2D eigenvalue weighted by atomic mass is 16.3. The second-order valence-electron chi connectivity index (χ2n) is 5.34. The van der Waals surface area contributed by atoms with Crippen LogP contribution in [0.15, 0.2) is 0 Å². The van der Waals surface area contributed by atoms with Crippen molar-refractivity contribution in [3.8, 4) is 0 Å². The molecule has 1 heterocycles. The van der Waals surface area contributed by atoms with Crippen molar-refractivity contribution in [2.45, 2.75) is 45.6 Å². The number of amides is 1. The summed E-state index contributed by atoms with van der Waals surface area (Å²) in [6.45, 7) is 7.65. The Balaban J connectivity index is 2.63. The molecule has 0 aliphatic carbocycles. The number of piperidine rings is 1. The van der Waals surface area contributed by atoms with Crippen LogP contribution >= 0.6 is 0 Å². The van der Waals surface area contributed by atoms with Gasteiger partial charge in [-0.15, -0.1) is 0 Å². The molecular weight excluding hydrogens is 204 g/mol. The van der Waals surface area contributed by atoms with Crippen LogP contribution in [-0.4, -0.2) is 36.2 Å². The summed E-state index contributed by atoms with van der Waals surface area (Å²) in [4.78, 5) is 12.2. The highest BCUT2D eigenvalue weighted by Crippen LogP contribution is 2.29. The second kappa shape index (κ2) is 5.15. The summed E-state index contributed by atoms with van der Waals surface area (Å²) >= 11 is 0. The van der Waals surface area contributed by atoms with Gasteiger partial charge in [0.2, 0.25) is 5.91 Å². The molecule has 0 radical (unpaired) electrons. The fourth-order valence-electron chi connectivity index (χ4n) is 1.87. The summed E-state index contributed by atoms with van der Waals surface area (Å²) in [6.07, 6.45) is 2.47. The lowest BCUT2D eigenvalue weighted by molar-refractivity contribution is -0.134. The molecule has 4 nitrogen and oxygen atoms in total. The molecule has 0 aromatic heterocycles. The first-order valence-corrected chi connectivity index (χ1v) is 6.10. The van der Waals surface area contributed by atoms with Crippen LogP contribution < -0.4 is 10.6 Å². The van der Waals surface area contributed by atoms with E-state index in [9.17, 15) is 9.90 Å². The quantitative estimate of drug-likeness (QED) is 0.662. The average molecular weight is 228 g/mol. The van der Waals surface area contributed by atoms with Gasteiger partial charge in [0.15, 0.2) is 0 Å². The predicted octanol–water partition coefficient (Wildman–Crippen LogP) is 0.653. The van der Waals surface area contributed by atoms with Crippen LogP contribution in [0.1, 0.15) is 40.0 Å². The Morgan fingerprint density at radius 2 is 2.06 bits per heavy atom. The van der Waals surface area contributed by atoms with Gasteiger partial charge in [-0.3, -0.25) is 4.79 Å². The fraction of sp³-hybridized carbons (Fsp3) is 0.917. The van der Waals surface area contributed by atoms with Crippen LogP contribution in [0.2, 0.25) is 0 Å². The SMILES string of the molecule is CCC(C)(CO)NC(=O)C1(C)CCNCC1. The number of carbonyl (C=O) groups excluding carboxylic acids is 1. The van der Waals surface area contributed by atoms with E-state index in [4.69, 9.17) is 0 Å². The molecule has 4 heteroatoms. The third-order valence-corrected chi connectivity index (χ3v) is 3.80. The van der Waals surface area contributed by atoms with Gasteiger partial charge in [0.05, 0.1) is 12.1 Å². The average Bonchev–Trinajstić information content (AvgIpc) is 2.30. The molecule has 1 rings (SSSR count). The first-order chi connectivity index (χ1) is 7.46. The maximum atomic E-state index is 12.2. The van der Waals surface area contributed by atoms with Crippen LogP contribution in [0.25, 0.3) is 0 Å². The van der Waals surface area contributed by atoms with E-state index in [0.29, 0.717) is 0 Å². The summed E-state index contributed by atoms with van der Waals surface area (Å²) in [5, 5.41) is 15.5. The summed E-state index contributed by atoms with van der Waals surface area (Å²) in [5.41, 5.74) is -0.762. The second-order valence-corrected chi connectivity index (χ2v) is 5.34. The van der Waals surface area contributed by atoms with Crippen molar-refractivity contribution in [3.63, 3.8) is 0 Å². The minimum Gasteiger partial charge on any atom is -0.394 e. The van der Waals surface area contributed by atoms with Gasteiger partial charge in [0.1, 0.15) is 0 Å². The third-order valence-electron chi connectivity index (χ3n) is 3.80. The van der Waals surface area contributed by atoms with E-state index in [1.54, 1.807) is 0 Å². The zero-order valence-corrected chi connectivity index (χ0v) is 10.6. The molecule has 0 aromatic rings. The van der Waals surface area contributed by atoms with Gasteiger partial charge in [-0.1, -0.05) is 13.8 Å². The van der Waals surface area contributed by atoms with Crippen LogP contribution in [0, 0.1) is 5.41 Å². The van der Waals surface area contributed by atoms with Gasteiger partial charge in [0.25, 0.3) is 0 Å². The van der Waals surface area contributed by atoms with E-state index in [0.717, 1.165) is 32.4 Å². The molecule has 0 spiro atoms. The van der Waals surface area contributed by atoms with Gasteiger partial charge in [-0.2, -0.15) is 0 Å².